The maximum absolute atomic E-state index is 5.47. The summed E-state index contributed by atoms with van der Waals surface area (Å²) >= 11 is 0. The minimum absolute atomic E-state index is 0.483. The van der Waals surface area contributed by atoms with Crippen molar-refractivity contribution in [3.63, 3.8) is 0 Å². The van der Waals surface area contributed by atoms with Gasteiger partial charge in [-0.3, -0.25) is 5.32 Å². The standard InChI is InChI=1S/C13H29NO2/c1-12(2)7-5-6-8-15-9-10-16-11-14-13(3)4/h12-14H,5-11H2,1-4H3. The van der Waals surface area contributed by atoms with Gasteiger partial charge in [-0.15, -0.1) is 0 Å². The van der Waals surface area contributed by atoms with Crippen molar-refractivity contribution in [3.8, 4) is 0 Å². The lowest BCUT2D eigenvalue weighted by molar-refractivity contribution is 0.0370. The average molecular weight is 231 g/mol. The summed E-state index contributed by atoms with van der Waals surface area (Å²) in [4.78, 5) is 0. The maximum Gasteiger partial charge on any atom is 0.0968 e. The fourth-order valence-corrected chi connectivity index (χ4v) is 1.27. The second-order valence-electron chi connectivity index (χ2n) is 4.91. The van der Waals surface area contributed by atoms with E-state index in [1.54, 1.807) is 0 Å². The van der Waals surface area contributed by atoms with E-state index in [0.717, 1.165) is 12.5 Å². The minimum atomic E-state index is 0.483. The Bertz CT molecular complexity index is 122. The summed E-state index contributed by atoms with van der Waals surface area (Å²) in [6.07, 6.45) is 3.74. The van der Waals surface area contributed by atoms with E-state index in [-0.39, 0.29) is 0 Å². The number of hydrogen-bond acceptors (Lipinski definition) is 3. The van der Waals surface area contributed by atoms with Crippen LogP contribution in [0.25, 0.3) is 0 Å². The molecule has 1 N–H and O–H groups in total. The molecule has 3 heteroatoms. The Kier molecular flexibility index (Phi) is 11.3. The largest absolute Gasteiger partial charge is 0.379 e. The number of ether oxygens (including phenoxy) is 2. The first kappa shape index (κ1) is 15.9. The highest BCUT2D eigenvalue weighted by Crippen LogP contribution is 2.05. The third-order valence-corrected chi connectivity index (χ3v) is 2.29. The topological polar surface area (TPSA) is 30.5 Å². The molecule has 0 heterocycles. The van der Waals surface area contributed by atoms with E-state index < -0.39 is 0 Å². The number of unbranched alkanes of at least 4 members (excludes halogenated alkanes) is 1. The molecule has 0 aromatic carbocycles. The molecule has 0 bridgehead atoms. The molecule has 0 spiro atoms. The van der Waals surface area contributed by atoms with Crippen LogP contribution < -0.4 is 5.32 Å². The molecule has 0 unspecified atom stereocenters. The van der Waals surface area contributed by atoms with Gasteiger partial charge < -0.3 is 9.47 Å². The van der Waals surface area contributed by atoms with Crippen LogP contribution in [0.4, 0.5) is 0 Å². The fraction of sp³-hybridized carbons (Fsp3) is 1.00. The molecule has 0 saturated carbocycles. The maximum atomic E-state index is 5.47. The van der Waals surface area contributed by atoms with Crippen molar-refractivity contribution in [1.82, 2.24) is 5.32 Å². The van der Waals surface area contributed by atoms with Crippen LogP contribution in [0.2, 0.25) is 0 Å². The third kappa shape index (κ3) is 13.9. The van der Waals surface area contributed by atoms with Gasteiger partial charge in [0.15, 0.2) is 0 Å². The molecule has 0 saturated heterocycles. The lowest BCUT2D eigenvalue weighted by Crippen LogP contribution is -2.26. The molecular weight excluding hydrogens is 202 g/mol. The molecule has 0 aromatic rings. The van der Waals surface area contributed by atoms with E-state index in [2.05, 4.69) is 33.0 Å². The van der Waals surface area contributed by atoms with Gasteiger partial charge in [-0.1, -0.05) is 26.7 Å². The Morgan fingerprint density at radius 1 is 0.875 bits per heavy atom. The Hall–Kier alpha value is -0.120. The molecule has 0 amide bonds. The van der Waals surface area contributed by atoms with E-state index in [0.29, 0.717) is 26.0 Å². The van der Waals surface area contributed by atoms with Crippen molar-refractivity contribution in [1.29, 1.82) is 0 Å². The van der Waals surface area contributed by atoms with Gasteiger partial charge in [-0.05, 0) is 26.2 Å². The van der Waals surface area contributed by atoms with Crippen LogP contribution in [0.15, 0.2) is 0 Å². The number of nitrogens with one attached hydrogen (secondary N) is 1. The summed E-state index contributed by atoms with van der Waals surface area (Å²) < 4.78 is 10.8. The average Bonchev–Trinajstić information content (AvgIpc) is 2.20. The minimum Gasteiger partial charge on any atom is -0.379 e. The van der Waals surface area contributed by atoms with E-state index in [1.165, 1.54) is 19.3 Å². The molecule has 16 heavy (non-hydrogen) atoms. The van der Waals surface area contributed by atoms with Gasteiger partial charge in [0.05, 0.1) is 19.9 Å². The number of hydrogen-bond donors (Lipinski definition) is 1. The normalized spacial score (nSPS) is 11.6. The Morgan fingerprint density at radius 2 is 1.56 bits per heavy atom. The van der Waals surface area contributed by atoms with Crippen LogP contribution in [-0.2, 0) is 9.47 Å². The number of rotatable bonds is 11. The Morgan fingerprint density at radius 3 is 2.19 bits per heavy atom. The summed E-state index contributed by atoms with van der Waals surface area (Å²) in [6.45, 7) is 11.6. The van der Waals surface area contributed by atoms with Gasteiger partial charge in [0.2, 0.25) is 0 Å². The van der Waals surface area contributed by atoms with Crippen molar-refractivity contribution in [2.24, 2.45) is 5.92 Å². The molecule has 0 aromatic heterocycles. The van der Waals surface area contributed by atoms with Crippen LogP contribution in [0, 0.1) is 5.92 Å². The van der Waals surface area contributed by atoms with Crippen LogP contribution >= 0.6 is 0 Å². The lowest BCUT2D eigenvalue weighted by Gasteiger charge is -2.09. The lowest BCUT2D eigenvalue weighted by atomic mass is 10.1. The van der Waals surface area contributed by atoms with Crippen LogP contribution in [0.5, 0.6) is 0 Å². The van der Waals surface area contributed by atoms with Crippen molar-refractivity contribution in [3.05, 3.63) is 0 Å². The van der Waals surface area contributed by atoms with Gasteiger partial charge in [-0.25, -0.2) is 0 Å². The zero-order valence-corrected chi connectivity index (χ0v) is 11.4. The summed E-state index contributed by atoms with van der Waals surface area (Å²) in [5.74, 6) is 0.811. The fourth-order valence-electron chi connectivity index (χ4n) is 1.27. The third-order valence-electron chi connectivity index (χ3n) is 2.29. The molecule has 0 aliphatic carbocycles. The van der Waals surface area contributed by atoms with Crippen LogP contribution in [0.3, 0.4) is 0 Å². The zero-order valence-electron chi connectivity index (χ0n) is 11.4. The molecule has 0 aliphatic rings. The molecule has 0 rings (SSSR count). The molecule has 0 fully saturated rings. The van der Waals surface area contributed by atoms with E-state index in [1.807, 2.05) is 0 Å². The smallest absolute Gasteiger partial charge is 0.0968 e. The highest BCUT2D eigenvalue weighted by Gasteiger charge is 1.95. The second-order valence-corrected chi connectivity index (χ2v) is 4.91. The van der Waals surface area contributed by atoms with Gasteiger partial charge >= 0.3 is 0 Å². The molecule has 3 nitrogen and oxygen atoms in total. The molecule has 0 atom stereocenters. The Balaban J connectivity index is 2.93. The predicted molar refractivity (Wildman–Crippen MR) is 68.6 cm³/mol. The quantitative estimate of drug-likeness (QED) is 0.438. The van der Waals surface area contributed by atoms with Gasteiger partial charge in [0.1, 0.15) is 0 Å². The summed E-state index contributed by atoms with van der Waals surface area (Å²) in [5, 5.41) is 3.19. The van der Waals surface area contributed by atoms with Crippen LogP contribution in [-0.4, -0.2) is 32.6 Å². The highest BCUT2D eigenvalue weighted by atomic mass is 16.5. The zero-order chi connectivity index (χ0) is 12.2. The summed E-state index contributed by atoms with van der Waals surface area (Å²) in [6, 6.07) is 0.483. The van der Waals surface area contributed by atoms with E-state index in [4.69, 9.17) is 9.47 Å². The van der Waals surface area contributed by atoms with Crippen molar-refractivity contribution in [2.45, 2.75) is 53.0 Å². The summed E-state index contributed by atoms with van der Waals surface area (Å²) in [5.41, 5.74) is 0. The molecule has 0 aliphatic heterocycles. The first-order chi connectivity index (χ1) is 7.63. The predicted octanol–water partition coefficient (Wildman–Crippen LogP) is 2.80. The van der Waals surface area contributed by atoms with Crippen LogP contribution in [0.1, 0.15) is 47.0 Å². The van der Waals surface area contributed by atoms with E-state index >= 15 is 0 Å². The van der Waals surface area contributed by atoms with Gasteiger partial charge in [0.25, 0.3) is 0 Å². The molecular formula is C13H29NO2. The van der Waals surface area contributed by atoms with Gasteiger partial charge in [-0.2, -0.15) is 0 Å². The van der Waals surface area contributed by atoms with Crippen molar-refractivity contribution >= 4 is 0 Å². The first-order valence-corrected chi connectivity index (χ1v) is 6.51. The SMILES string of the molecule is CC(C)CCCCOCCOCNC(C)C. The van der Waals surface area contributed by atoms with Gasteiger partial charge in [0, 0.05) is 12.6 Å². The first-order valence-electron chi connectivity index (χ1n) is 6.51. The van der Waals surface area contributed by atoms with Crippen molar-refractivity contribution in [2.75, 3.05) is 26.6 Å². The molecule has 98 valence electrons. The monoisotopic (exact) mass is 231 g/mol. The highest BCUT2D eigenvalue weighted by molar-refractivity contribution is 4.47. The second kappa shape index (κ2) is 11.4. The summed E-state index contributed by atoms with van der Waals surface area (Å²) in [7, 11) is 0. The van der Waals surface area contributed by atoms with Crippen molar-refractivity contribution < 1.29 is 9.47 Å². The Labute approximate surface area is 101 Å². The molecule has 0 radical (unpaired) electrons. The van der Waals surface area contributed by atoms with E-state index in [9.17, 15) is 0 Å².